The third-order valence-electron chi connectivity index (χ3n) is 3.76. The van der Waals surface area contributed by atoms with E-state index in [9.17, 15) is 4.79 Å². The van der Waals surface area contributed by atoms with Crippen LogP contribution in [0.15, 0.2) is 6.33 Å². The summed E-state index contributed by atoms with van der Waals surface area (Å²) in [5.74, 6) is 0.649. The van der Waals surface area contributed by atoms with Crippen molar-refractivity contribution >= 4 is 5.97 Å². The zero-order chi connectivity index (χ0) is 13.0. The lowest BCUT2D eigenvalue weighted by atomic mass is 9.73. The van der Waals surface area contributed by atoms with E-state index in [1.54, 1.807) is 6.33 Å². The van der Waals surface area contributed by atoms with Crippen LogP contribution in [0.5, 0.6) is 0 Å². The SMILES string of the molecule is CCOC(=O)C1(c2nncn2CC)CCCCC1. The quantitative estimate of drug-likeness (QED) is 0.769. The highest BCUT2D eigenvalue weighted by Crippen LogP contribution is 2.39. The van der Waals surface area contributed by atoms with Crippen LogP contribution in [-0.2, 0) is 21.5 Å². The maximum absolute atomic E-state index is 12.4. The Kier molecular flexibility index (Phi) is 3.99. The number of hydrogen-bond acceptors (Lipinski definition) is 4. The average Bonchev–Trinajstić information content (AvgIpc) is 2.88. The van der Waals surface area contributed by atoms with Crippen molar-refractivity contribution in [1.29, 1.82) is 0 Å². The zero-order valence-corrected chi connectivity index (χ0v) is 11.2. The van der Waals surface area contributed by atoms with Gasteiger partial charge in [-0.3, -0.25) is 4.79 Å². The molecule has 0 aliphatic heterocycles. The Balaban J connectivity index is 2.38. The van der Waals surface area contributed by atoms with Crippen LogP contribution in [0.3, 0.4) is 0 Å². The van der Waals surface area contributed by atoms with Gasteiger partial charge in [0.1, 0.15) is 17.6 Å². The van der Waals surface area contributed by atoms with Crippen molar-refractivity contribution < 1.29 is 9.53 Å². The third kappa shape index (κ3) is 2.13. The molecule has 1 fully saturated rings. The van der Waals surface area contributed by atoms with Gasteiger partial charge < -0.3 is 9.30 Å². The molecule has 100 valence electrons. The summed E-state index contributed by atoms with van der Waals surface area (Å²) in [5.41, 5.74) is -0.569. The molecule has 5 heteroatoms. The molecule has 18 heavy (non-hydrogen) atoms. The fourth-order valence-corrected chi connectivity index (χ4v) is 2.80. The molecule has 1 aromatic rings. The first-order valence-corrected chi connectivity index (χ1v) is 6.80. The molecule has 0 spiro atoms. The second-order valence-corrected chi connectivity index (χ2v) is 4.80. The number of aryl methyl sites for hydroxylation is 1. The van der Waals surface area contributed by atoms with E-state index < -0.39 is 5.41 Å². The molecule has 0 bridgehead atoms. The number of hydrogen-bond donors (Lipinski definition) is 0. The van der Waals surface area contributed by atoms with E-state index in [1.165, 1.54) is 6.42 Å². The lowest BCUT2D eigenvalue weighted by Gasteiger charge is -2.33. The predicted octanol–water partition coefficient (Wildman–Crippen LogP) is 2.06. The molecule has 1 aliphatic rings. The standard InChI is InChI=1S/C13H21N3O2/c1-3-16-10-14-15-11(16)13(12(17)18-4-2)8-6-5-7-9-13/h10H,3-9H2,1-2H3. The number of ether oxygens (including phenoxy) is 1. The molecule has 0 aromatic carbocycles. The number of aromatic nitrogens is 3. The monoisotopic (exact) mass is 251 g/mol. The molecule has 0 unspecified atom stereocenters. The van der Waals surface area contributed by atoms with Gasteiger partial charge in [-0.1, -0.05) is 19.3 Å². The molecule has 1 heterocycles. The molecule has 1 aliphatic carbocycles. The first kappa shape index (κ1) is 13.1. The van der Waals surface area contributed by atoms with Crippen molar-refractivity contribution in [2.24, 2.45) is 0 Å². The van der Waals surface area contributed by atoms with Gasteiger partial charge in [0, 0.05) is 6.54 Å². The Labute approximate surface area is 108 Å². The molecule has 0 atom stereocenters. The summed E-state index contributed by atoms with van der Waals surface area (Å²) in [6.07, 6.45) is 6.63. The minimum Gasteiger partial charge on any atom is -0.465 e. The van der Waals surface area contributed by atoms with Crippen molar-refractivity contribution in [3.8, 4) is 0 Å². The Morgan fingerprint density at radius 1 is 1.39 bits per heavy atom. The lowest BCUT2D eigenvalue weighted by Crippen LogP contribution is -2.41. The molecule has 1 aromatic heterocycles. The Bertz CT molecular complexity index is 408. The summed E-state index contributed by atoms with van der Waals surface area (Å²) in [4.78, 5) is 12.4. The molecule has 1 saturated carbocycles. The van der Waals surface area contributed by atoms with E-state index in [2.05, 4.69) is 10.2 Å². The molecular formula is C13H21N3O2. The smallest absolute Gasteiger partial charge is 0.319 e. The van der Waals surface area contributed by atoms with Crippen molar-refractivity contribution in [3.63, 3.8) is 0 Å². The number of rotatable bonds is 4. The molecule has 2 rings (SSSR count). The van der Waals surface area contributed by atoms with Crippen molar-refractivity contribution in [2.75, 3.05) is 6.61 Å². The fraction of sp³-hybridized carbons (Fsp3) is 0.769. The van der Waals surface area contributed by atoms with Gasteiger partial charge in [-0.2, -0.15) is 0 Å². The summed E-state index contributed by atoms with van der Waals surface area (Å²) < 4.78 is 7.25. The first-order chi connectivity index (χ1) is 8.74. The van der Waals surface area contributed by atoms with E-state index in [4.69, 9.17) is 4.74 Å². The number of esters is 1. The minimum atomic E-state index is -0.569. The second kappa shape index (κ2) is 5.50. The van der Waals surface area contributed by atoms with Crippen LogP contribution < -0.4 is 0 Å². The summed E-state index contributed by atoms with van der Waals surface area (Å²) >= 11 is 0. The molecule has 0 saturated heterocycles. The van der Waals surface area contributed by atoms with Crippen LogP contribution in [0.4, 0.5) is 0 Å². The van der Waals surface area contributed by atoms with E-state index in [0.717, 1.165) is 38.1 Å². The topological polar surface area (TPSA) is 57.0 Å². The molecule has 0 amide bonds. The number of nitrogens with zero attached hydrogens (tertiary/aromatic N) is 3. The van der Waals surface area contributed by atoms with Crippen LogP contribution in [0.1, 0.15) is 51.8 Å². The average molecular weight is 251 g/mol. The van der Waals surface area contributed by atoms with Crippen LogP contribution in [0.25, 0.3) is 0 Å². The maximum atomic E-state index is 12.4. The summed E-state index contributed by atoms with van der Waals surface area (Å²) in [7, 11) is 0. The third-order valence-corrected chi connectivity index (χ3v) is 3.76. The Morgan fingerprint density at radius 2 is 2.11 bits per heavy atom. The molecule has 0 radical (unpaired) electrons. The number of carbonyl (C=O) groups excluding carboxylic acids is 1. The minimum absolute atomic E-state index is 0.132. The van der Waals surface area contributed by atoms with Gasteiger partial charge >= 0.3 is 5.97 Å². The van der Waals surface area contributed by atoms with Gasteiger partial charge in [-0.25, -0.2) is 0 Å². The van der Waals surface area contributed by atoms with Gasteiger partial charge in [0.25, 0.3) is 0 Å². The van der Waals surface area contributed by atoms with Gasteiger partial charge in [0.05, 0.1) is 6.61 Å². The van der Waals surface area contributed by atoms with Crippen molar-refractivity contribution in [3.05, 3.63) is 12.2 Å². The van der Waals surface area contributed by atoms with Gasteiger partial charge in [-0.05, 0) is 26.7 Å². The normalized spacial score (nSPS) is 18.6. The molecular weight excluding hydrogens is 230 g/mol. The molecule has 5 nitrogen and oxygen atoms in total. The van der Waals surface area contributed by atoms with E-state index in [-0.39, 0.29) is 5.97 Å². The van der Waals surface area contributed by atoms with Gasteiger partial charge in [-0.15, -0.1) is 10.2 Å². The van der Waals surface area contributed by atoms with Crippen molar-refractivity contribution in [2.45, 2.75) is 57.9 Å². The highest BCUT2D eigenvalue weighted by atomic mass is 16.5. The predicted molar refractivity (Wildman–Crippen MR) is 67.1 cm³/mol. The Hall–Kier alpha value is -1.39. The second-order valence-electron chi connectivity index (χ2n) is 4.80. The largest absolute Gasteiger partial charge is 0.465 e. The van der Waals surface area contributed by atoms with E-state index in [0.29, 0.717) is 6.61 Å². The Morgan fingerprint density at radius 3 is 2.72 bits per heavy atom. The van der Waals surface area contributed by atoms with Crippen LogP contribution in [0.2, 0.25) is 0 Å². The highest BCUT2D eigenvalue weighted by molar-refractivity contribution is 5.82. The van der Waals surface area contributed by atoms with Gasteiger partial charge in [0.2, 0.25) is 0 Å². The van der Waals surface area contributed by atoms with Crippen LogP contribution in [0, 0.1) is 0 Å². The van der Waals surface area contributed by atoms with Gasteiger partial charge in [0.15, 0.2) is 0 Å². The summed E-state index contributed by atoms with van der Waals surface area (Å²) in [6, 6.07) is 0. The summed E-state index contributed by atoms with van der Waals surface area (Å²) in [6.45, 7) is 5.08. The maximum Gasteiger partial charge on any atom is 0.319 e. The molecule has 0 N–H and O–H groups in total. The summed E-state index contributed by atoms with van der Waals surface area (Å²) in [5, 5.41) is 8.16. The fourth-order valence-electron chi connectivity index (χ4n) is 2.80. The number of carbonyl (C=O) groups is 1. The van der Waals surface area contributed by atoms with E-state index in [1.807, 2.05) is 18.4 Å². The first-order valence-electron chi connectivity index (χ1n) is 6.80. The lowest BCUT2D eigenvalue weighted by molar-refractivity contribution is -0.152. The zero-order valence-electron chi connectivity index (χ0n) is 11.2. The van der Waals surface area contributed by atoms with Crippen molar-refractivity contribution in [1.82, 2.24) is 14.8 Å². The van der Waals surface area contributed by atoms with Crippen LogP contribution >= 0.6 is 0 Å². The highest BCUT2D eigenvalue weighted by Gasteiger charge is 2.46. The van der Waals surface area contributed by atoms with E-state index >= 15 is 0 Å². The van der Waals surface area contributed by atoms with Crippen LogP contribution in [-0.4, -0.2) is 27.3 Å².